The number of phenolic OH excluding ortho intramolecular Hbond substituents is 1. The molecule has 2 aromatic rings. The van der Waals surface area contributed by atoms with E-state index >= 15 is 0 Å². The average Bonchev–Trinajstić information content (AvgIpc) is 2.63. The summed E-state index contributed by atoms with van der Waals surface area (Å²) in [7, 11) is 0. The lowest BCUT2D eigenvalue weighted by molar-refractivity contribution is -0.132. The van der Waals surface area contributed by atoms with Crippen molar-refractivity contribution in [1.29, 1.82) is 0 Å². The van der Waals surface area contributed by atoms with E-state index in [1.54, 1.807) is 24.3 Å². The summed E-state index contributed by atoms with van der Waals surface area (Å²) in [5.41, 5.74) is 1.04. The van der Waals surface area contributed by atoms with Gasteiger partial charge in [0.25, 0.3) is 0 Å². The van der Waals surface area contributed by atoms with Gasteiger partial charge < -0.3 is 14.7 Å². The Morgan fingerprint density at radius 1 is 1.08 bits per heavy atom. The molecule has 0 aromatic heterocycles. The number of carbonyl (C=O) groups excluding carboxylic acids is 1. The molecule has 1 aliphatic rings. The number of likely N-dealkylation sites (tertiary alicyclic amines) is 1. The van der Waals surface area contributed by atoms with Gasteiger partial charge in [-0.1, -0.05) is 12.1 Å². The van der Waals surface area contributed by atoms with Crippen LogP contribution in [0.15, 0.2) is 48.5 Å². The molecule has 1 fully saturated rings. The first-order chi connectivity index (χ1) is 12.1. The molecule has 0 saturated carbocycles. The van der Waals surface area contributed by atoms with Crippen molar-refractivity contribution in [3.05, 3.63) is 59.9 Å². The lowest BCUT2D eigenvalue weighted by Gasteiger charge is -2.32. The predicted octanol–water partition coefficient (Wildman–Crippen LogP) is 3.53. The van der Waals surface area contributed by atoms with Crippen molar-refractivity contribution in [1.82, 2.24) is 4.90 Å². The van der Waals surface area contributed by atoms with Gasteiger partial charge in [-0.05, 0) is 48.4 Å². The number of benzene rings is 2. The lowest BCUT2D eigenvalue weighted by Crippen LogP contribution is -2.41. The van der Waals surface area contributed by atoms with E-state index < -0.39 is 0 Å². The van der Waals surface area contributed by atoms with Crippen LogP contribution in [0.25, 0.3) is 0 Å². The normalized spacial score (nSPS) is 15.2. The minimum atomic E-state index is -0.276. The number of ether oxygens (including phenoxy) is 1. The number of nitrogens with zero attached hydrogens (tertiary/aromatic N) is 1. The van der Waals surface area contributed by atoms with Crippen LogP contribution >= 0.6 is 0 Å². The Kier molecular flexibility index (Phi) is 5.53. The maximum absolute atomic E-state index is 12.9. The maximum Gasteiger partial charge on any atom is 0.222 e. The highest BCUT2D eigenvalue weighted by Crippen LogP contribution is 2.20. The molecule has 132 valence electrons. The van der Waals surface area contributed by atoms with Crippen LogP contribution in [0.5, 0.6) is 11.5 Å². The molecule has 4 nitrogen and oxygen atoms in total. The molecule has 1 amide bonds. The molecule has 0 radical (unpaired) electrons. The van der Waals surface area contributed by atoms with Crippen molar-refractivity contribution >= 4 is 5.91 Å². The van der Waals surface area contributed by atoms with Crippen LogP contribution in [0.3, 0.4) is 0 Å². The summed E-state index contributed by atoms with van der Waals surface area (Å²) in [5, 5.41) is 9.28. The second kappa shape index (κ2) is 8.01. The first-order valence-electron chi connectivity index (χ1n) is 8.58. The van der Waals surface area contributed by atoms with E-state index in [0.717, 1.165) is 18.4 Å². The monoisotopic (exact) mass is 343 g/mol. The summed E-state index contributed by atoms with van der Waals surface area (Å²) in [6.45, 7) is 1.36. The highest BCUT2D eigenvalue weighted by atomic mass is 19.1. The largest absolute Gasteiger partial charge is 0.508 e. The van der Waals surface area contributed by atoms with Gasteiger partial charge in [0.2, 0.25) is 5.91 Å². The van der Waals surface area contributed by atoms with E-state index in [1.807, 2.05) is 17.0 Å². The smallest absolute Gasteiger partial charge is 0.222 e. The van der Waals surface area contributed by atoms with Crippen LogP contribution in [0.4, 0.5) is 4.39 Å². The number of hydrogen-bond donors (Lipinski definition) is 1. The van der Waals surface area contributed by atoms with E-state index in [4.69, 9.17) is 4.74 Å². The molecule has 0 spiro atoms. The van der Waals surface area contributed by atoms with Crippen molar-refractivity contribution in [3.8, 4) is 11.5 Å². The Morgan fingerprint density at radius 2 is 1.72 bits per heavy atom. The third kappa shape index (κ3) is 4.95. The fourth-order valence-electron chi connectivity index (χ4n) is 3.00. The second-order valence-electron chi connectivity index (χ2n) is 6.32. The van der Waals surface area contributed by atoms with E-state index in [2.05, 4.69) is 0 Å². The van der Waals surface area contributed by atoms with Gasteiger partial charge >= 0.3 is 0 Å². The van der Waals surface area contributed by atoms with Gasteiger partial charge in [-0.2, -0.15) is 0 Å². The van der Waals surface area contributed by atoms with Crippen LogP contribution < -0.4 is 4.74 Å². The standard InChI is InChI=1S/C20H22FNO3/c21-16-4-8-18(9-5-16)25-19-11-13-22(14-12-19)20(24)10-3-15-1-6-17(23)7-2-15/h1-2,4-9,19,23H,3,10-14H2. The molecular weight excluding hydrogens is 321 g/mol. The summed E-state index contributed by atoms with van der Waals surface area (Å²) in [5.74, 6) is 0.770. The van der Waals surface area contributed by atoms with Gasteiger partial charge in [0.1, 0.15) is 23.4 Å². The topological polar surface area (TPSA) is 49.8 Å². The number of piperidine rings is 1. The number of rotatable bonds is 5. The number of carbonyl (C=O) groups is 1. The molecule has 0 unspecified atom stereocenters. The minimum absolute atomic E-state index is 0.0617. The van der Waals surface area contributed by atoms with Crippen molar-refractivity contribution < 1.29 is 19.0 Å². The number of aromatic hydroxyl groups is 1. The van der Waals surface area contributed by atoms with Crippen LogP contribution in [0, 0.1) is 5.82 Å². The number of halogens is 1. The van der Waals surface area contributed by atoms with Gasteiger partial charge in [0.15, 0.2) is 0 Å². The van der Waals surface area contributed by atoms with Crippen LogP contribution in [0.1, 0.15) is 24.8 Å². The Balaban J connectivity index is 1.42. The fraction of sp³-hybridized carbons (Fsp3) is 0.350. The highest BCUT2D eigenvalue weighted by molar-refractivity contribution is 5.76. The lowest BCUT2D eigenvalue weighted by atomic mass is 10.1. The van der Waals surface area contributed by atoms with Crippen LogP contribution in [-0.2, 0) is 11.2 Å². The van der Waals surface area contributed by atoms with Gasteiger partial charge in [0, 0.05) is 32.4 Å². The number of amides is 1. The highest BCUT2D eigenvalue weighted by Gasteiger charge is 2.23. The van der Waals surface area contributed by atoms with E-state index in [1.165, 1.54) is 12.1 Å². The van der Waals surface area contributed by atoms with E-state index in [-0.39, 0.29) is 23.6 Å². The summed E-state index contributed by atoms with van der Waals surface area (Å²) in [4.78, 5) is 14.2. The molecule has 0 aliphatic carbocycles. The van der Waals surface area contributed by atoms with Crippen LogP contribution in [0.2, 0.25) is 0 Å². The molecule has 1 N–H and O–H groups in total. The third-order valence-electron chi connectivity index (χ3n) is 4.47. The average molecular weight is 343 g/mol. The molecule has 25 heavy (non-hydrogen) atoms. The summed E-state index contributed by atoms with van der Waals surface area (Å²) < 4.78 is 18.8. The van der Waals surface area contributed by atoms with Gasteiger partial charge in [-0.3, -0.25) is 4.79 Å². The molecule has 0 bridgehead atoms. The quantitative estimate of drug-likeness (QED) is 0.903. The maximum atomic E-state index is 12.9. The summed E-state index contributed by atoms with van der Waals surface area (Å²) in [6.07, 6.45) is 2.76. The van der Waals surface area contributed by atoms with Crippen molar-refractivity contribution in [2.75, 3.05) is 13.1 Å². The molecule has 1 saturated heterocycles. The SMILES string of the molecule is O=C(CCc1ccc(O)cc1)N1CCC(Oc2ccc(F)cc2)CC1. The first kappa shape index (κ1) is 17.3. The van der Waals surface area contributed by atoms with Gasteiger partial charge in [-0.15, -0.1) is 0 Å². The van der Waals surface area contributed by atoms with Gasteiger partial charge in [-0.25, -0.2) is 4.39 Å². The zero-order valence-electron chi connectivity index (χ0n) is 14.0. The Morgan fingerprint density at radius 3 is 2.36 bits per heavy atom. The second-order valence-corrected chi connectivity index (χ2v) is 6.32. The molecule has 1 aliphatic heterocycles. The van der Waals surface area contributed by atoms with E-state index in [9.17, 15) is 14.3 Å². The predicted molar refractivity (Wildman–Crippen MR) is 93.1 cm³/mol. The summed E-state index contributed by atoms with van der Waals surface area (Å²) >= 11 is 0. The zero-order valence-corrected chi connectivity index (χ0v) is 14.0. The Hall–Kier alpha value is -2.56. The minimum Gasteiger partial charge on any atom is -0.508 e. The molecule has 5 heteroatoms. The fourth-order valence-corrected chi connectivity index (χ4v) is 3.00. The molecule has 2 aromatic carbocycles. The third-order valence-corrected chi connectivity index (χ3v) is 4.47. The zero-order chi connectivity index (χ0) is 17.6. The molecular formula is C20H22FNO3. The van der Waals surface area contributed by atoms with Crippen LogP contribution in [-0.4, -0.2) is 35.1 Å². The Bertz CT molecular complexity index is 692. The number of hydrogen-bond acceptors (Lipinski definition) is 3. The number of phenols is 1. The van der Waals surface area contributed by atoms with Crippen molar-refractivity contribution in [2.45, 2.75) is 31.8 Å². The van der Waals surface area contributed by atoms with Gasteiger partial charge in [0.05, 0.1) is 0 Å². The molecule has 3 rings (SSSR count). The Labute approximate surface area is 146 Å². The van der Waals surface area contributed by atoms with Crippen molar-refractivity contribution in [2.24, 2.45) is 0 Å². The molecule has 1 heterocycles. The first-order valence-corrected chi connectivity index (χ1v) is 8.58. The molecule has 0 atom stereocenters. The van der Waals surface area contributed by atoms with E-state index in [0.29, 0.717) is 31.7 Å². The number of aryl methyl sites for hydroxylation is 1. The van der Waals surface area contributed by atoms with Crippen molar-refractivity contribution in [3.63, 3.8) is 0 Å². The summed E-state index contributed by atoms with van der Waals surface area (Å²) in [6, 6.07) is 13.0.